The molecule has 2 atom stereocenters. The number of thiazole rings is 1. The number of carboxylic acids is 2. The highest BCUT2D eigenvalue weighted by Gasteiger charge is 2.27. The number of hydrogen-bond acceptors (Lipinski definition) is 5. The summed E-state index contributed by atoms with van der Waals surface area (Å²) in [5, 5.41) is 24.3. The van der Waals surface area contributed by atoms with Gasteiger partial charge in [0.2, 0.25) is 0 Å². The lowest BCUT2D eigenvalue weighted by Gasteiger charge is -2.20. The Balaban J connectivity index is 1.92. The fraction of sp³-hybridized carbons (Fsp3) is 0.750. The molecule has 2 rings (SSSR count). The van der Waals surface area contributed by atoms with Crippen LogP contribution in [0.3, 0.4) is 0 Å². The third-order valence-electron chi connectivity index (χ3n) is 5.27. The van der Waals surface area contributed by atoms with Gasteiger partial charge in [-0.2, -0.15) is 0 Å². The second-order valence-electron chi connectivity index (χ2n) is 8.04. The lowest BCUT2D eigenvalue weighted by Crippen LogP contribution is -2.41. The number of aliphatic carboxylic acids is 2. The molecule has 0 bridgehead atoms. The molecule has 27 heavy (non-hydrogen) atoms. The Labute approximate surface area is 165 Å². The number of rotatable bonds is 11. The maximum absolute atomic E-state index is 11.7. The summed E-state index contributed by atoms with van der Waals surface area (Å²) in [6.45, 7) is 3.98. The van der Waals surface area contributed by atoms with Crippen LogP contribution in [0.4, 0.5) is 0 Å². The van der Waals surface area contributed by atoms with E-state index < -0.39 is 23.9 Å². The molecule has 2 unspecified atom stereocenters. The van der Waals surface area contributed by atoms with E-state index in [9.17, 15) is 19.8 Å². The Hall–Kier alpha value is -1.47. The van der Waals surface area contributed by atoms with Crippen molar-refractivity contribution in [3.8, 4) is 0 Å². The minimum absolute atomic E-state index is 0.0780. The average Bonchev–Trinajstić information content (AvgIpc) is 3.08. The first-order chi connectivity index (χ1) is 12.9. The largest absolute Gasteiger partial charge is 0.481 e. The number of aryl methyl sites for hydroxylation is 1. The molecule has 0 spiro atoms. The zero-order valence-electron chi connectivity index (χ0n) is 16.3. The molecule has 1 heterocycles. The maximum atomic E-state index is 11.7. The summed E-state index contributed by atoms with van der Waals surface area (Å²) >= 11 is 1.37. The molecule has 7 heteroatoms. The van der Waals surface area contributed by atoms with Gasteiger partial charge in [-0.05, 0) is 31.1 Å². The van der Waals surface area contributed by atoms with Gasteiger partial charge in [-0.1, -0.05) is 46.0 Å². The molecule has 1 aliphatic rings. The molecule has 1 fully saturated rings. The number of nitrogens with zero attached hydrogens (tertiary/aromatic N) is 1. The highest BCUT2D eigenvalue weighted by molar-refractivity contribution is 7.09. The van der Waals surface area contributed by atoms with Crippen LogP contribution < -0.4 is 5.32 Å². The lowest BCUT2D eigenvalue weighted by molar-refractivity contribution is -0.142. The van der Waals surface area contributed by atoms with E-state index in [-0.39, 0.29) is 12.5 Å². The molecule has 0 amide bonds. The van der Waals surface area contributed by atoms with Crippen molar-refractivity contribution in [1.82, 2.24) is 10.3 Å². The lowest BCUT2D eigenvalue weighted by atomic mass is 9.86. The summed E-state index contributed by atoms with van der Waals surface area (Å²) in [6.07, 6.45) is 9.06. The average molecular weight is 397 g/mol. The number of nitrogens with one attached hydrogen (secondary N) is 1. The van der Waals surface area contributed by atoms with Gasteiger partial charge >= 0.3 is 11.9 Å². The molecule has 0 aliphatic heterocycles. The van der Waals surface area contributed by atoms with Gasteiger partial charge in [-0.25, -0.2) is 4.98 Å². The SMILES string of the molecule is CC(C)CC(NCC(C(=O)O)c1nc(CCC2CCCCC2)cs1)C(=O)O. The highest BCUT2D eigenvalue weighted by Crippen LogP contribution is 2.28. The Morgan fingerprint density at radius 1 is 1.22 bits per heavy atom. The smallest absolute Gasteiger partial charge is 0.320 e. The topological polar surface area (TPSA) is 99.5 Å². The first kappa shape index (κ1) is 21.8. The van der Waals surface area contributed by atoms with Crippen molar-refractivity contribution in [1.29, 1.82) is 0 Å². The summed E-state index contributed by atoms with van der Waals surface area (Å²) in [5.41, 5.74) is 0.962. The van der Waals surface area contributed by atoms with Crippen LogP contribution in [0.1, 0.15) is 75.4 Å². The van der Waals surface area contributed by atoms with Gasteiger partial charge in [-0.3, -0.25) is 9.59 Å². The Morgan fingerprint density at radius 3 is 2.52 bits per heavy atom. The van der Waals surface area contributed by atoms with Gasteiger partial charge in [0, 0.05) is 11.9 Å². The molecule has 0 saturated heterocycles. The van der Waals surface area contributed by atoms with Crippen LogP contribution in [0.2, 0.25) is 0 Å². The summed E-state index contributed by atoms with van der Waals surface area (Å²) in [4.78, 5) is 27.6. The summed E-state index contributed by atoms with van der Waals surface area (Å²) < 4.78 is 0. The number of hydrogen-bond donors (Lipinski definition) is 3. The van der Waals surface area contributed by atoms with Crippen LogP contribution in [-0.4, -0.2) is 39.7 Å². The van der Waals surface area contributed by atoms with Crippen molar-refractivity contribution in [2.75, 3.05) is 6.54 Å². The quantitative estimate of drug-likeness (QED) is 0.524. The van der Waals surface area contributed by atoms with Crippen LogP contribution >= 0.6 is 11.3 Å². The molecular weight excluding hydrogens is 364 g/mol. The van der Waals surface area contributed by atoms with Crippen molar-refractivity contribution in [2.24, 2.45) is 11.8 Å². The fourth-order valence-electron chi connectivity index (χ4n) is 3.71. The Bertz CT molecular complexity index is 611. The molecule has 1 aromatic rings. The van der Waals surface area contributed by atoms with Crippen LogP contribution in [0, 0.1) is 11.8 Å². The van der Waals surface area contributed by atoms with Crippen LogP contribution in [0.5, 0.6) is 0 Å². The summed E-state index contributed by atoms with van der Waals surface area (Å²) in [6, 6.07) is -0.738. The zero-order chi connectivity index (χ0) is 19.8. The van der Waals surface area contributed by atoms with E-state index in [2.05, 4.69) is 10.3 Å². The Kier molecular flexibility index (Phi) is 8.70. The number of aromatic nitrogens is 1. The maximum Gasteiger partial charge on any atom is 0.320 e. The molecule has 1 aromatic heterocycles. The standard InChI is InChI=1S/C20H32N2O4S/c1-13(2)10-17(20(25)26)21-11-16(19(23)24)18-22-15(12-27-18)9-8-14-6-4-3-5-7-14/h12-14,16-17,21H,3-11H2,1-2H3,(H,23,24)(H,25,26). The van der Waals surface area contributed by atoms with Gasteiger partial charge in [0.25, 0.3) is 0 Å². The molecule has 0 aromatic carbocycles. The van der Waals surface area contributed by atoms with E-state index >= 15 is 0 Å². The van der Waals surface area contributed by atoms with E-state index in [4.69, 9.17) is 0 Å². The van der Waals surface area contributed by atoms with Crippen molar-refractivity contribution < 1.29 is 19.8 Å². The van der Waals surface area contributed by atoms with E-state index in [1.165, 1.54) is 43.4 Å². The third-order valence-corrected chi connectivity index (χ3v) is 6.28. The minimum Gasteiger partial charge on any atom is -0.481 e. The first-order valence-corrected chi connectivity index (χ1v) is 10.9. The second-order valence-corrected chi connectivity index (χ2v) is 8.93. The first-order valence-electron chi connectivity index (χ1n) is 10.00. The van der Waals surface area contributed by atoms with Crippen LogP contribution in [0.15, 0.2) is 5.38 Å². The normalized spacial score (nSPS) is 17.7. The number of carbonyl (C=O) groups is 2. The molecule has 1 aliphatic carbocycles. The van der Waals surface area contributed by atoms with Gasteiger partial charge < -0.3 is 15.5 Å². The van der Waals surface area contributed by atoms with Gasteiger partial charge in [0.1, 0.15) is 17.0 Å². The highest BCUT2D eigenvalue weighted by atomic mass is 32.1. The van der Waals surface area contributed by atoms with E-state index in [1.807, 2.05) is 19.2 Å². The molecule has 1 saturated carbocycles. The van der Waals surface area contributed by atoms with Gasteiger partial charge in [-0.15, -0.1) is 11.3 Å². The molecule has 0 radical (unpaired) electrons. The van der Waals surface area contributed by atoms with Gasteiger partial charge in [0.05, 0.1) is 5.69 Å². The van der Waals surface area contributed by atoms with Crippen LogP contribution in [0.25, 0.3) is 0 Å². The van der Waals surface area contributed by atoms with Crippen molar-refractivity contribution in [3.63, 3.8) is 0 Å². The molecule has 6 nitrogen and oxygen atoms in total. The predicted molar refractivity (Wildman–Crippen MR) is 106 cm³/mol. The molecule has 152 valence electrons. The van der Waals surface area contributed by atoms with E-state index in [1.54, 1.807) is 0 Å². The minimum atomic E-state index is -0.968. The molecule has 3 N–H and O–H groups in total. The monoisotopic (exact) mass is 396 g/mol. The predicted octanol–water partition coefficient (Wildman–Crippen LogP) is 3.91. The summed E-state index contributed by atoms with van der Waals surface area (Å²) in [5.74, 6) is -1.74. The fourth-order valence-corrected chi connectivity index (χ4v) is 4.65. The number of carboxylic acid groups (broad SMARTS) is 2. The molecular formula is C20H32N2O4S. The second kappa shape index (κ2) is 10.8. The van der Waals surface area contributed by atoms with Crippen LogP contribution in [-0.2, 0) is 16.0 Å². The van der Waals surface area contributed by atoms with E-state index in [0.717, 1.165) is 24.5 Å². The summed E-state index contributed by atoms with van der Waals surface area (Å²) in [7, 11) is 0. The third kappa shape index (κ3) is 7.22. The Morgan fingerprint density at radius 2 is 1.93 bits per heavy atom. The zero-order valence-corrected chi connectivity index (χ0v) is 17.1. The van der Waals surface area contributed by atoms with E-state index in [0.29, 0.717) is 11.4 Å². The van der Waals surface area contributed by atoms with Crippen molar-refractivity contribution in [2.45, 2.75) is 77.2 Å². The van der Waals surface area contributed by atoms with Crippen molar-refractivity contribution >= 4 is 23.3 Å². The van der Waals surface area contributed by atoms with Crippen molar-refractivity contribution in [3.05, 3.63) is 16.1 Å². The van der Waals surface area contributed by atoms with Gasteiger partial charge in [0.15, 0.2) is 0 Å².